The molecule has 19 heavy (non-hydrogen) atoms. The van der Waals surface area contributed by atoms with Crippen molar-refractivity contribution < 1.29 is 0 Å². The van der Waals surface area contributed by atoms with Crippen LogP contribution < -0.4 is 5.32 Å². The summed E-state index contributed by atoms with van der Waals surface area (Å²) in [5.74, 6) is 0. The predicted octanol–water partition coefficient (Wildman–Crippen LogP) is 4.07. The Labute approximate surface area is 120 Å². The van der Waals surface area contributed by atoms with Crippen molar-refractivity contribution in [1.82, 2.24) is 9.88 Å². The maximum atomic E-state index is 5.88. The van der Waals surface area contributed by atoms with Crippen LogP contribution in [-0.4, -0.2) is 4.57 Å². The number of nitrogens with zero attached hydrogens (tertiary/aromatic N) is 1. The Bertz CT molecular complexity index is 541. The number of benzene rings is 1. The van der Waals surface area contributed by atoms with Crippen LogP contribution in [0.1, 0.15) is 29.4 Å². The second-order valence-corrected chi connectivity index (χ2v) is 5.31. The molecule has 2 rings (SSSR count). The van der Waals surface area contributed by atoms with Gasteiger partial charge < -0.3 is 9.88 Å². The highest BCUT2D eigenvalue weighted by Crippen LogP contribution is 2.15. The summed E-state index contributed by atoms with van der Waals surface area (Å²) in [5, 5.41) is 4.27. The summed E-state index contributed by atoms with van der Waals surface area (Å²) in [5.41, 5.74) is 5.34. The van der Waals surface area contributed by atoms with E-state index in [-0.39, 0.29) is 0 Å². The SMILES string of the molecule is CCn1c(C)cc(CNCc2ccc(Cl)cc2)c1C. The predicted molar refractivity (Wildman–Crippen MR) is 81.6 cm³/mol. The first kappa shape index (κ1) is 14.2. The van der Waals surface area contributed by atoms with Crippen LogP contribution in [0.5, 0.6) is 0 Å². The lowest BCUT2D eigenvalue weighted by Gasteiger charge is -2.07. The average Bonchev–Trinajstić information content (AvgIpc) is 2.66. The molecule has 0 saturated carbocycles. The van der Waals surface area contributed by atoms with Gasteiger partial charge in [0.1, 0.15) is 0 Å². The van der Waals surface area contributed by atoms with Crippen LogP contribution in [0.2, 0.25) is 5.02 Å². The summed E-state index contributed by atoms with van der Waals surface area (Å²) in [7, 11) is 0. The second kappa shape index (κ2) is 6.27. The van der Waals surface area contributed by atoms with E-state index in [2.05, 4.69) is 48.9 Å². The second-order valence-electron chi connectivity index (χ2n) is 4.87. The van der Waals surface area contributed by atoms with Crippen molar-refractivity contribution >= 4 is 11.6 Å². The summed E-state index contributed by atoms with van der Waals surface area (Å²) in [6, 6.07) is 10.3. The van der Waals surface area contributed by atoms with Crippen LogP contribution in [0.3, 0.4) is 0 Å². The molecular formula is C16H21ClN2. The fourth-order valence-electron chi connectivity index (χ4n) is 2.48. The van der Waals surface area contributed by atoms with E-state index in [0.29, 0.717) is 0 Å². The van der Waals surface area contributed by atoms with Crippen LogP contribution >= 0.6 is 11.6 Å². The van der Waals surface area contributed by atoms with Gasteiger partial charge in [0.05, 0.1) is 0 Å². The number of aryl methyl sites for hydroxylation is 1. The van der Waals surface area contributed by atoms with Gasteiger partial charge in [-0.3, -0.25) is 0 Å². The molecule has 0 atom stereocenters. The number of nitrogens with one attached hydrogen (secondary N) is 1. The van der Waals surface area contributed by atoms with E-state index in [1.165, 1.54) is 22.5 Å². The number of halogens is 1. The van der Waals surface area contributed by atoms with Crippen molar-refractivity contribution in [3.8, 4) is 0 Å². The zero-order chi connectivity index (χ0) is 13.8. The molecule has 0 bridgehead atoms. The van der Waals surface area contributed by atoms with Crippen LogP contribution in [0.4, 0.5) is 0 Å². The Hall–Kier alpha value is -1.25. The fraction of sp³-hybridized carbons (Fsp3) is 0.375. The third-order valence-electron chi connectivity index (χ3n) is 3.55. The molecule has 3 heteroatoms. The lowest BCUT2D eigenvalue weighted by molar-refractivity contribution is 0.675. The van der Waals surface area contributed by atoms with Crippen LogP contribution in [-0.2, 0) is 19.6 Å². The molecule has 1 aromatic carbocycles. The zero-order valence-corrected chi connectivity index (χ0v) is 12.6. The third kappa shape index (κ3) is 3.40. The smallest absolute Gasteiger partial charge is 0.0406 e. The molecule has 0 amide bonds. The van der Waals surface area contributed by atoms with Gasteiger partial charge in [-0.2, -0.15) is 0 Å². The summed E-state index contributed by atoms with van der Waals surface area (Å²) in [6.07, 6.45) is 0. The highest BCUT2D eigenvalue weighted by molar-refractivity contribution is 6.30. The minimum Gasteiger partial charge on any atom is -0.349 e. The van der Waals surface area contributed by atoms with Gasteiger partial charge in [-0.05, 0) is 50.1 Å². The minimum atomic E-state index is 0.787. The highest BCUT2D eigenvalue weighted by Gasteiger charge is 2.06. The average molecular weight is 277 g/mol. The molecule has 2 aromatic rings. The van der Waals surface area contributed by atoms with E-state index in [4.69, 9.17) is 11.6 Å². The van der Waals surface area contributed by atoms with Gasteiger partial charge in [-0.1, -0.05) is 23.7 Å². The van der Waals surface area contributed by atoms with Gasteiger partial charge in [0.25, 0.3) is 0 Å². The lowest BCUT2D eigenvalue weighted by Crippen LogP contribution is -2.13. The largest absolute Gasteiger partial charge is 0.349 e. The van der Waals surface area contributed by atoms with Gasteiger partial charge in [0.2, 0.25) is 0 Å². The van der Waals surface area contributed by atoms with E-state index in [1.807, 2.05) is 12.1 Å². The van der Waals surface area contributed by atoms with Crippen molar-refractivity contribution in [1.29, 1.82) is 0 Å². The minimum absolute atomic E-state index is 0.787. The standard InChI is InChI=1S/C16H21ClN2/c1-4-19-12(2)9-15(13(19)3)11-18-10-14-5-7-16(17)8-6-14/h5-9,18H,4,10-11H2,1-3H3. The molecule has 0 aliphatic heterocycles. The van der Waals surface area contributed by atoms with Crippen molar-refractivity contribution in [2.24, 2.45) is 0 Å². The highest BCUT2D eigenvalue weighted by atomic mass is 35.5. The number of aromatic nitrogens is 1. The van der Waals surface area contributed by atoms with Crippen molar-refractivity contribution in [2.75, 3.05) is 0 Å². The number of hydrogen-bond donors (Lipinski definition) is 1. The lowest BCUT2D eigenvalue weighted by atomic mass is 10.2. The molecule has 0 aliphatic rings. The molecule has 1 heterocycles. The van der Waals surface area contributed by atoms with Crippen molar-refractivity contribution in [3.63, 3.8) is 0 Å². The Balaban J connectivity index is 1.94. The van der Waals surface area contributed by atoms with E-state index >= 15 is 0 Å². The molecular weight excluding hydrogens is 256 g/mol. The number of rotatable bonds is 5. The first-order valence-electron chi connectivity index (χ1n) is 6.72. The molecule has 2 nitrogen and oxygen atoms in total. The summed E-state index contributed by atoms with van der Waals surface area (Å²) in [4.78, 5) is 0. The van der Waals surface area contributed by atoms with Gasteiger partial charge in [0, 0.05) is 36.0 Å². The van der Waals surface area contributed by atoms with Crippen molar-refractivity contribution in [2.45, 2.75) is 40.4 Å². The summed E-state index contributed by atoms with van der Waals surface area (Å²) >= 11 is 5.88. The monoisotopic (exact) mass is 276 g/mol. The van der Waals surface area contributed by atoms with Crippen LogP contribution in [0.25, 0.3) is 0 Å². The van der Waals surface area contributed by atoms with Gasteiger partial charge in [-0.25, -0.2) is 0 Å². The Morgan fingerprint density at radius 1 is 1.11 bits per heavy atom. The first-order valence-corrected chi connectivity index (χ1v) is 7.10. The van der Waals surface area contributed by atoms with Gasteiger partial charge in [0.15, 0.2) is 0 Å². The topological polar surface area (TPSA) is 17.0 Å². The molecule has 1 N–H and O–H groups in total. The van der Waals surface area contributed by atoms with Crippen LogP contribution in [0, 0.1) is 13.8 Å². The molecule has 0 radical (unpaired) electrons. The molecule has 1 aromatic heterocycles. The summed E-state index contributed by atoms with van der Waals surface area (Å²) in [6.45, 7) is 9.35. The Morgan fingerprint density at radius 3 is 2.37 bits per heavy atom. The molecule has 0 unspecified atom stereocenters. The normalized spacial score (nSPS) is 10.9. The van der Waals surface area contributed by atoms with E-state index < -0.39 is 0 Å². The van der Waals surface area contributed by atoms with Crippen LogP contribution in [0.15, 0.2) is 30.3 Å². The fourth-order valence-corrected chi connectivity index (χ4v) is 2.61. The molecule has 102 valence electrons. The molecule has 0 saturated heterocycles. The maximum absolute atomic E-state index is 5.88. The van der Waals surface area contributed by atoms with E-state index in [9.17, 15) is 0 Å². The van der Waals surface area contributed by atoms with E-state index in [1.54, 1.807) is 0 Å². The zero-order valence-electron chi connectivity index (χ0n) is 11.8. The van der Waals surface area contributed by atoms with Gasteiger partial charge >= 0.3 is 0 Å². The van der Waals surface area contributed by atoms with Gasteiger partial charge in [-0.15, -0.1) is 0 Å². The Morgan fingerprint density at radius 2 is 1.79 bits per heavy atom. The number of hydrogen-bond acceptors (Lipinski definition) is 1. The quantitative estimate of drug-likeness (QED) is 0.871. The summed E-state index contributed by atoms with van der Waals surface area (Å²) < 4.78 is 2.35. The Kier molecular flexibility index (Phi) is 4.67. The van der Waals surface area contributed by atoms with Crippen molar-refractivity contribution in [3.05, 3.63) is 57.9 Å². The first-order chi connectivity index (χ1) is 9.11. The third-order valence-corrected chi connectivity index (χ3v) is 3.80. The maximum Gasteiger partial charge on any atom is 0.0406 e. The molecule has 0 aliphatic carbocycles. The molecule has 0 fully saturated rings. The molecule has 0 spiro atoms. The van der Waals surface area contributed by atoms with E-state index in [0.717, 1.165) is 24.7 Å².